The molecule has 5 heteroatoms. The number of nitrogens with zero attached hydrogens (tertiary/aromatic N) is 2. The first-order chi connectivity index (χ1) is 8.22. The Morgan fingerprint density at radius 2 is 2.18 bits per heavy atom. The van der Waals surface area contributed by atoms with E-state index in [0.29, 0.717) is 18.2 Å². The summed E-state index contributed by atoms with van der Waals surface area (Å²) in [4.78, 5) is 4.12. The van der Waals surface area contributed by atoms with Gasteiger partial charge in [0.1, 0.15) is 18.2 Å². The molecule has 0 bridgehead atoms. The summed E-state index contributed by atoms with van der Waals surface area (Å²) >= 11 is 0. The highest BCUT2D eigenvalue weighted by Gasteiger charge is 2.08. The van der Waals surface area contributed by atoms with Crippen molar-refractivity contribution in [2.24, 2.45) is 0 Å². The van der Waals surface area contributed by atoms with Crippen LogP contribution in [0.1, 0.15) is 12.7 Å². The number of nitrogens with two attached hydrogens (primary N) is 1. The third-order valence-electron chi connectivity index (χ3n) is 2.48. The molecule has 0 atom stereocenters. The molecule has 1 aromatic heterocycles. The summed E-state index contributed by atoms with van der Waals surface area (Å²) in [6.45, 7) is 2.87. The highest BCUT2D eigenvalue weighted by Crippen LogP contribution is 2.17. The van der Waals surface area contributed by atoms with Gasteiger partial charge in [-0.1, -0.05) is 12.1 Å². The Hall–Kier alpha value is -2.04. The summed E-state index contributed by atoms with van der Waals surface area (Å²) in [6, 6.07) is 6.28. The van der Waals surface area contributed by atoms with Gasteiger partial charge < -0.3 is 15.0 Å². The van der Waals surface area contributed by atoms with E-state index < -0.39 is 0 Å². The van der Waals surface area contributed by atoms with Gasteiger partial charge in [0.15, 0.2) is 11.6 Å². The van der Waals surface area contributed by atoms with Crippen molar-refractivity contribution in [1.82, 2.24) is 9.55 Å². The second-order valence-electron chi connectivity index (χ2n) is 3.56. The Kier molecular flexibility index (Phi) is 3.27. The first-order valence-electron chi connectivity index (χ1n) is 5.39. The summed E-state index contributed by atoms with van der Waals surface area (Å²) in [5.41, 5.74) is 5.72. The van der Waals surface area contributed by atoms with Crippen molar-refractivity contribution in [1.29, 1.82) is 0 Å². The molecule has 0 radical (unpaired) electrons. The molecule has 0 aliphatic rings. The molecule has 0 aliphatic heterocycles. The first kappa shape index (κ1) is 11.4. The largest absolute Gasteiger partial charge is 0.483 e. The smallest absolute Gasteiger partial charge is 0.165 e. The van der Waals surface area contributed by atoms with E-state index in [-0.39, 0.29) is 18.2 Å². The predicted octanol–water partition coefficient (Wildman–Crippen LogP) is 2.20. The van der Waals surface area contributed by atoms with Crippen LogP contribution < -0.4 is 10.5 Å². The van der Waals surface area contributed by atoms with Crippen molar-refractivity contribution >= 4 is 5.82 Å². The fourth-order valence-electron chi connectivity index (χ4n) is 1.61. The Morgan fingerprint density at radius 3 is 2.88 bits per heavy atom. The third kappa shape index (κ3) is 2.38. The Labute approximate surface area is 98.8 Å². The zero-order valence-electron chi connectivity index (χ0n) is 9.56. The molecule has 4 nitrogen and oxygen atoms in total. The molecule has 2 N–H and O–H groups in total. The lowest BCUT2D eigenvalue weighted by Crippen LogP contribution is -2.08. The number of para-hydroxylation sites is 1. The van der Waals surface area contributed by atoms with E-state index in [4.69, 9.17) is 10.5 Å². The number of nitrogen functional groups attached to an aromatic ring is 1. The Bertz CT molecular complexity index is 510. The van der Waals surface area contributed by atoms with Gasteiger partial charge >= 0.3 is 0 Å². The van der Waals surface area contributed by atoms with Crippen LogP contribution in [0.5, 0.6) is 5.75 Å². The molecule has 90 valence electrons. The van der Waals surface area contributed by atoms with E-state index in [1.165, 1.54) is 6.07 Å². The SMILES string of the molecule is CCn1c(N)cnc1COc1ccccc1F. The normalized spacial score (nSPS) is 10.5. The highest BCUT2D eigenvalue weighted by atomic mass is 19.1. The van der Waals surface area contributed by atoms with Crippen LogP contribution in [0.4, 0.5) is 10.2 Å². The number of aromatic nitrogens is 2. The summed E-state index contributed by atoms with van der Waals surface area (Å²) in [7, 11) is 0. The molecular formula is C12H14FN3O. The van der Waals surface area contributed by atoms with Crippen molar-refractivity contribution in [2.45, 2.75) is 20.1 Å². The molecular weight excluding hydrogens is 221 g/mol. The lowest BCUT2D eigenvalue weighted by Gasteiger charge is -2.09. The number of hydrogen-bond donors (Lipinski definition) is 1. The molecule has 0 fully saturated rings. The summed E-state index contributed by atoms with van der Waals surface area (Å²) < 4.78 is 20.5. The minimum absolute atomic E-state index is 0.200. The zero-order chi connectivity index (χ0) is 12.3. The van der Waals surface area contributed by atoms with Gasteiger partial charge in [-0.2, -0.15) is 0 Å². The van der Waals surface area contributed by atoms with Crippen molar-refractivity contribution in [3.8, 4) is 5.75 Å². The maximum Gasteiger partial charge on any atom is 0.165 e. The molecule has 2 rings (SSSR count). The molecule has 0 amide bonds. The third-order valence-corrected chi connectivity index (χ3v) is 2.48. The van der Waals surface area contributed by atoms with E-state index >= 15 is 0 Å². The molecule has 0 unspecified atom stereocenters. The van der Waals surface area contributed by atoms with E-state index in [2.05, 4.69) is 4.98 Å². The lowest BCUT2D eigenvalue weighted by atomic mass is 10.3. The van der Waals surface area contributed by atoms with Crippen LogP contribution in [0.3, 0.4) is 0 Å². The van der Waals surface area contributed by atoms with Gasteiger partial charge in [-0.25, -0.2) is 9.37 Å². The fraction of sp³-hybridized carbons (Fsp3) is 0.250. The van der Waals surface area contributed by atoms with Gasteiger partial charge in [-0.05, 0) is 19.1 Å². The van der Waals surface area contributed by atoms with Crippen LogP contribution in [-0.2, 0) is 13.2 Å². The molecule has 0 saturated heterocycles. The fourth-order valence-corrected chi connectivity index (χ4v) is 1.61. The Morgan fingerprint density at radius 1 is 1.41 bits per heavy atom. The highest BCUT2D eigenvalue weighted by molar-refractivity contribution is 5.28. The second kappa shape index (κ2) is 4.86. The van der Waals surface area contributed by atoms with Gasteiger partial charge in [-0.3, -0.25) is 0 Å². The van der Waals surface area contributed by atoms with Gasteiger partial charge in [0.05, 0.1) is 6.20 Å². The second-order valence-corrected chi connectivity index (χ2v) is 3.56. The minimum Gasteiger partial charge on any atom is -0.483 e. The van der Waals surface area contributed by atoms with Crippen LogP contribution >= 0.6 is 0 Å². The molecule has 0 spiro atoms. The number of halogens is 1. The number of ether oxygens (including phenoxy) is 1. The van der Waals surface area contributed by atoms with Crippen molar-refractivity contribution in [3.63, 3.8) is 0 Å². The van der Waals surface area contributed by atoms with Crippen molar-refractivity contribution in [2.75, 3.05) is 5.73 Å². The van der Waals surface area contributed by atoms with Gasteiger partial charge in [-0.15, -0.1) is 0 Å². The van der Waals surface area contributed by atoms with Crippen LogP contribution in [-0.4, -0.2) is 9.55 Å². The maximum absolute atomic E-state index is 13.3. The number of imidazole rings is 1. The number of hydrogen-bond acceptors (Lipinski definition) is 3. The molecule has 0 saturated carbocycles. The predicted molar refractivity (Wildman–Crippen MR) is 63.0 cm³/mol. The monoisotopic (exact) mass is 235 g/mol. The Balaban J connectivity index is 2.10. The summed E-state index contributed by atoms with van der Waals surface area (Å²) in [6.07, 6.45) is 1.57. The average molecular weight is 235 g/mol. The standard InChI is InChI=1S/C12H14FN3O/c1-2-16-11(14)7-15-12(16)8-17-10-6-4-3-5-9(10)13/h3-7H,2,8,14H2,1H3. The average Bonchev–Trinajstić information content (AvgIpc) is 2.69. The van der Waals surface area contributed by atoms with Crippen LogP contribution in [0, 0.1) is 5.82 Å². The van der Waals surface area contributed by atoms with E-state index in [1.54, 1.807) is 24.4 Å². The molecule has 2 aromatic rings. The van der Waals surface area contributed by atoms with Crippen LogP contribution in [0.2, 0.25) is 0 Å². The van der Waals surface area contributed by atoms with Gasteiger partial charge in [0.2, 0.25) is 0 Å². The number of benzene rings is 1. The lowest BCUT2D eigenvalue weighted by molar-refractivity contribution is 0.276. The number of anilines is 1. The maximum atomic E-state index is 13.3. The topological polar surface area (TPSA) is 53.1 Å². The number of rotatable bonds is 4. The molecule has 1 heterocycles. The van der Waals surface area contributed by atoms with Crippen LogP contribution in [0.25, 0.3) is 0 Å². The quantitative estimate of drug-likeness (QED) is 0.883. The van der Waals surface area contributed by atoms with Crippen molar-refractivity contribution < 1.29 is 9.13 Å². The summed E-state index contributed by atoms with van der Waals surface area (Å²) in [5.74, 6) is 1.11. The minimum atomic E-state index is -0.380. The van der Waals surface area contributed by atoms with E-state index in [9.17, 15) is 4.39 Å². The summed E-state index contributed by atoms with van der Waals surface area (Å²) in [5, 5.41) is 0. The molecule has 1 aromatic carbocycles. The van der Waals surface area contributed by atoms with Gasteiger partial charge in [0.25, 0.3) is 0 Å². The van der Waals surface area contributed by atoms with Crippen molar-refractivity contribution in [3.05, 3.63) is 42.1 Å². The van der Waals surface area contributed by atoms with E-state index in [1.807, 2.05) is 11.5 Å². The van der Waals surface area contributed by atoms with E-state index in [0.717, 1.165) is 0 Å². The van der Waals surface area contributed by atoms with Gasteiger partial charge in [0, 0.05) is 6.54 Å². The first-order valence-corrected chi connectivity index (χ1v) is 5.39. The molecule has 17 heavy (non-hydrogen) atoms. The zero-order valence-corrected chi connectivity index (χ0v) is 9.56. The van der Waals surface area contributed by atoms with Crippen LogP contribution in [0.15, 0.2) is 30.5 Å². The molecule has 0 aliphatic carbocycles.